The second kappa shape index (κ2) is 10.8. The van der Waals surface area contributed by atoms with Crippen LogP contribution in [0.5, 0.6) is 0 Å². The molecule has 198 valence electrons. The topological polar surface area (TPSA) is 222 Å². The zero-order valence-electron chi connectivity index (χ0n) is 18.8. The third-order valence-corrected chi connectivity index (χ3v) is 7.91. The van der Waals surface area contributed by atoms with Gasteiger partial charge in [-0.2, -0.15) is 4.31 Å². The van der Waals surface area contributed by atoms with Crippen molar-refractivity contribution in [3.63, 3.8) is 0 Å². The number of hydrogen-bond acceptors (Lipinski definition) is 12. The number of aliphatic hydroxyl groups is 1. The number of phosphoric ester groups is 2. The van der Waals surface area contributed by atoms with Crippen LogP contribution in [0.4, 0.5) is 0 Å². The molecule has 0 aromatic carbocycles. The molecule has 2 aliphatic rings. The predicted octanol–water partition coefficient (Wildman–Crippen LogP) is -0.537. The second-order valence-electron chi connectivity index (χ2n) is 7.90. The number of carbonyl (C=O) groups excluding carboxylic acids is 1. The highest BCUT2D eigenvalue weighted by atomic mass is 31.3. The Morgan fingerprint density at radius 2 is 1.86 bits per heavy atom. The fourth-order valence-corrected chi connectivity index (χ4v) is 5.66. The molecule has 0 bridgehead atoms. The van der Waals surface area contributed by atoms with Crippen LogP contribution in [0, 0.1) is 6.92 Å². The number of aromatic amines is 1. The molecular formula is C17H26N2O14P2. The lowest BCUT2D eigenvalue weighted by molar-refractivity contribution is -0.188. The van der Waals surface area contributed by atoms with Crippen molar-refractivity contribution in [3.8, 4) is 0 Å². The number of carbonyl (C=O) groups is 1. The Morgan fingerprint density at radius 3 is 2.51 bits per heavy atom. The van der Waals surface area contributed by atoms with Crippen LogP contribution in [0.25, 0.3) is 0 Å². The number of rotatable bonds is 9. The third-order valence-electron chi connectivity index (χ3n) is 5.28. The molecule has 18 heteroatoms. The lowest BCUT2D eigenvalue weighted by Gasteiger charge is -2.32. The zero-order valence-corrected chi connectivity index (χ0v) is 20.6. The van der Waals surface area contributed by atoms with Crippen molar-refractivity contribution < 1.29 is 56.4 Å². The number of hydrogen-bond donors (Lipinski definition) is 4. The molecule has 16 nitrogen and oxygen atoms in total. The van der Waals surface area contributed by atoms with Gasteiger partial charge in [-0.15, -0.1) is 0 Å². The number of aromatic nitrogens is 2. The van der Waals surface area contributed by atoms with Crippen LogP contribution in [0.2, 0.25) is 0 Å². The van der Waals surface area contributed by atoms with Crippen LogP contribution in [-0.2, 0) is 41.5 Å². The second-order valence-corrected chi connectivity index (χ2v) is 10.9. The van der Waals surface area contributed by atoms with Gasteiger partial charge < -0.3 is 29.1 Å². The van der Waals surface area contributed by atoms with Crippen LogP contribution in [0.15, 0.2) is 15.8 Å². The number of H-pyrrole nitrogens is 1. The Labute approximate surface area is 197 Å². The van der Waals surface area contributed by atoms with Gasteiger partial charge in [0, 0.05) is 31.7 Å². The first-order chi connectivity index (χ1) is 16.2. The maximum atomic E-state index is 12.2. The largest absolute Gasteiger partial charge is 0.483 e. The van der Waals surface area contributed by atoms with E-state index in [0.717, 1.165) is 4.57 Å². The monoisotopic (exact) mass is 544 g/mol. The molecule has 8 atom stereocenters. The maximum Gasteiger partial charge on any atom is 0.483 e. The molecule has 2 unspecified atom stereocenters. The number of Topliss-reactive ketones (excluding diaryl/α,β-unsaturated/α-hetero) is 1. The van der Waals surface area contributed by atoms with Crippen LogP contribution in [0.1, 0.15) is 31.6 Å². The summed E-state index contributed by atoms with van der Waals surface area (Å²) in [7, 11) is -9.21. The third kappa shape index (κ3) is 7.02. The van der Waals surface area contributed by atoms with Gasteiger partial charge >= 0.3 is 21.3 Å². The molecular weight excluding hydrogens is 518 g/mol. The molecule has 35 heavy (non-hydrogen) atoms. The first-order valence-electron chi connectivity index (χ1n) is 10.3. The van der Waals surface area contributed by atoms with Crippen molar-refractivity contribution in [2.24, 2.45) is 0 Å². The van der Waals surface area contributed by atoms with Crippen LogP contribution in [-0.4, -0.2) is 74.7 Å². The van der Waals surface area contributed by atoms with E-state index in [1.165, 1.54) is 27.2 Å². The van der Waals surface area contributed by atoms with Crippen molar-refractivity contribution in [2.75, 3.05) is 13.7 Å². The van der Waals surface area contributed by atoms with E-state index in [-0.39, 0.29) is 18.4 Å². The van der Waals surface area contributed by atoms with Crippen molar-refractivity contribution in [2.45, 2.75) is 63.6 Å². The summed E-state index contributed by atoms with van der Waals surface area (Å²) < 4.78 is 54.7. The Morgan fingerprint density at radius 1 is 1.17 bits per heavy atom. The Bertz CT molecular complexity index is 1150. The lowest BCUT2D eigenvalue weighted by atomic mass is 10.0. The molecule has 0 saturated carbocycles. The van der Waals surface area contributed by atoms with E-state index in [1.54, 1.807) is 0 Å². The summed E-state index contributed by atoms with van der Waals surface area (Å²) in [5, 5.41) is 10.2. The fraction of sp³-hybridized carbons (Fsp3) is 0.706. The molecule has 3 rings (SSSR count). The summed E-state index contributed by atoms with van der Waals surface area (Å²) in [5.74, 6) is -0.412. The van der Waals surface area contributed by atoms with Gasteiger partial charge in [0.15, 0.2) is 12.1 Å². The number of ether oxygens (including phenoxy) is 3. The number of nitrogens with one attached hydrogen (secondary N) is 1. The number of methoxy groups -OCH3 is 1. The number of ketones is 1. The summed E-state index contributed by atoms with van der Waals surface area (Å²) in [6, 6.07) is 0. The van der Waals surface area contributed by atoms with Gasteiger partial charge in [0.25, 0.3) is 5.56 Å². The Balaban J connectivity index is 1.57. The minimum atomic E-state index is -5.23. The van der Waals surface area contributed by atoms with E-state index in [2.05, 4.69) is 13.8 Å². The van der Waals surface area contributed by atoms with Crippen molar-refractivity contribution in [3.05, 3.63) is 32.6 Å². The summed E-state index contributed by atoms with van der Waals surface area (Å²) in [6.45, 7) is 2.07. The molecule has 0 radical (unpaired) electrons. The Kier molecular flexibility index (Phi) is 8.67. The standard InChI is InChI=1S/C17H26N2O14P2/c1-8-6-19(17(23)18-16(8)22)13-4-10(20)12(31-13)7-29-34(24,25)33-35(26,27)32-14-5-11(28-3)15(21)9(2)30-14/h6,9-14,20H,4-5,7H2,1-3H3,(H,24,25)(H,26,27)(H,18,22,23)/t9-,10-,11-,12+,13+,14+/m0/s1. The highest BCUT2D eigenvalue weighted by Crippen LogP contribution is 2.61. The van der Waals surface area contributed by atoms with E-state index < -0.39 is 76.2 Å². The van der Waals surface area contributed by atoms with Gasteiger partial charge in [-0.25, -0.2) is 13.9 Å². The van der Waals surface area contributed by atoms with E-state index in [1.807, 2.05) is 0 Å². The van der Waals surface area contributed by atoms with Crippen molar-refractivity contribution in [1.29, 1.82) is 0 Å². The van der Waals surface area contributed by atoms with Gasteiger partial charge in [0.05, 0.1) is 12.7 Å². The first kappa shape index (κ1) is 28.0. The molecule has 3 heterocycles. The minimum absolute atomic E-state index is 0.117. The quantitative estimate of drug-likeness (QED) is 0.287. The van der Waals surface area contributed by atoms with E-state index >= 15 is 0 Å². The van der Waals surface area contributed by atoms with Gasteiger partial charge in [-0.1, -0.05) is 0 Å². The summed E-state index contributed by atoms with van der Waals surface area (Å²) in [5.41, 5.74) is -1.16. The van der Waals surface area contributed by atoms with Crippen LogP contribution >= 0.6 is 15.6 Å². The molecule has 2 saturated heterocycles. The first-order valence-corrected chi connectivity index (χ1v) is 13.3. The molecule has 1 aromatic heterocycles. The number of aliphatic hydroxyl groups excluding tert-OH is 1. The van der Waals surface area contributed by atoms with Gasteiger partial charge in [-0.05, 0) is 13.8 Å². The molecule has 2 fully saturated rings. The smallest absolute Gasteiger partial charge is 0.390 e. The highest BCUT2D eigenvalue weighted by Gasteiger charge is 2.44. The van der Waals surface area contributed by atoms with Crippen molar-refractivity contribution in [1.82, 2.24) is 9.55 Å². The van der Waals surface area contributed by atoms with Crippen LogP contribution in [0.3, 0.4) is 0 Å². The number of aryl methyl sites for hydroxylation is 1. The fourth-order valence-electron chi connectivity index (χ4n) is 3.51. The van der Waals surface area contributed by atoms with E-state index in [0.29, 0.717) is 0 Å². The average Bonchev–Trinajstić information content (AvgIpc) is 3.11. The normalized spacial score (nSPS) is 32.8. The predicted molar refractivity (Wildman–Crippen MR) is 113 cm³/mol. The molecule has 0 spiro atoms. The highest BCUT2D eigenvalue weighted by molar-refractivity contribution is 7.61. The zero-order chi connectivity index (χ0) is 26.1. The van der Waals surface area contributed by atoms with Gasteiger partial charge in [-0.3, -0.25) is 28.2 Å². The van der Waals surface area contributed by atoms with E-state index in [4.69, 9.17) is 18.7 Å². The molecule has 1 aromatic rings. The molecule has 2 aliphatic heterocycles. The molecule has 0 aliphatic carbocycles. The summed E-state index contributed by atoms with van der Waals surface area (Å²) >= 11 is 0. The summed E-state index contributed by atoms with van der Waals surface area (Å²) in [6.07, 6.45) is -6.10. The average molecular weight is 544 g/mol. The number of nitrogens with zero attached hydrogens (tertiary/aromatic N) is 1. The maximum absolute atomic E-state index is 12.2. The van der Waals surface area contributed by atoms with Gasteiger partial charge in [0.1, 0.15) is 24.5 Å². The Hall–Kier alpha value is -1.55. The van der Waals surface area contributed by atoms with Crippen LogP contribution < -0.4 is 11.2 Å². The molecule has 0 amide bonds. The number of phosphoric acid groups is 2. The SMILES string of the molecule is CO[C@H]1C[C@@H](OP(=O)(O)OP(=O)(O)OC[C@H]2O[C@@H](n3cc(C)c(=O)[nH]c3=O)C[C@@H]2O)O[C@@H](C)C1=O. The van der Waals surface area contributed by atoms with Gasteiger partial charge in [0.2, 0.25) is 0 Å². The van der Waals surface area contributed by atoms with Crippen molar-refractivity contribution >= 4 is 21.4 Å². The van der Waals surface area contributed by atoms with E-state index in [9.17, 15) is 38.4 Å². The molecule has 4 N–H and O–H groups in total. The summed E-state index contributed by atoms with van der Waals surface area (Å²) in [4.78, 5) is 57.2. The lowest BCUT2D eigenvalue weighted by Crippen LogP contribution is -2.44. The minimum Gasteiger partial charge on any atom is -0.390 e.